The van der Waals surface area contributed by atoms with Crippen LogP contribution in [0, 0.1) is 0 Å². The molecule has 3 N–H and O–H groups in total. The van der Waals surface area contributed by atoms with E-state index in [1.165, 1.54) is 0 Å². The van der Waals surface area contributed by atoms with Crippen molar-refractivity contribution in [2.45, 2.75) is 36.6 Å². The van der Waals surface area contributed by atoms with Gasteiger partial charge in [0.05, 0.1) is 4.90 Å². The molecule has 1 aliphatic heterocycles. The maximum absolute atomic E-state index is 12.1. The van der Waals surface area contributed by atoms with E-state index < -0.39 is 22.1 Å². The number of hydrogen-bond donors (Lipinski definition) is 3. The number of halogens is 4. The fourth-order valence-electron chi connectivity index (χ4n) is 2.48. The van der Waals surface area contributed by atoms with E-state index in [1.54, 1.807) is 0 Å². The van der Waals surface area contributed by atoms with E-state index in [0.29, 0.717) is 6.54 Å². The second-order valence-corrected chi connectivity index (χ2v) is 7.54. The van der Waals surface area contributed by atoms with Crippen molar-refractivity contribution in [3.8, 4) is 5.75 Å². The molecule has 1 aliphatic rings. The minimum absolute atomic E-state index is 0. The highest BCUT2D eigenvalue weighted by atomic mass is 35.5. The Morgan fingerprint density at radius 2 is 1.93 bits per heavy atom. The van der Waals surface area contributed by atoms with E-state index in [2.05, 4.69) is 20.1 Å². The van der Waals surface area contributed by atoms with Gasteiger partial charge in [0.1, 0.15) is 5.75 Å². The van der Waals surface area contributed by atoms with Crippen LogP contribution in [0.4, 0.5) is 13.2 Å². The summed E-state index contributed by atoms with van der Waals surface area (Å²) in [7, 11) is -3.93. The highest BCUT2D eigenvalue weighted by Crippen LogP contribution is 2.23. The third-order valence-corrected chi connectivity index (χ3v) is 5.15. The molecule has 0 saturated carbocycles. The monoisotopic (exact) mass is 431 g/mol. The smallest absolute Gasteiger partial charge is 0.406 e. The maximum Gasteiger partial charge on any atom is 0.573 e. The van der Waals surface area contributed by atoms with Crippen LogP contribution >= 0.6 is 12.4 Å². The molecule has 1 aromatic carbocycles. The fourth-order valence-corrected chi connectivity index (χ4v) is 3.51. The van der Waals surface area contributed by atoms with Gasteiger partial charge >= 0.3 is 6.36 Å². The average molecular weight is 432 g/mol. The summed E-state index contributed by atoms with van der Waals surface area (Å²) in [6, 6.07) is 3.85. The predicted molar refractivity (Wildman–Crippen MR) is 94.2 cm³/mol. The average Bonchev–Trinajstić information content (AvgIpc) is 2.54. The first kappa shape index (κ1) is 23.5. The van der Waals surface area contributed by atoms with Crippen LogP contribution in [-0.2, 0) is 14.8 Å². The highest BCUT2D eigenvalue weighted by Gasteiger charge is 2.31. The molecule has 0 aliphatic carbocycles. The largest absolute Gasteiger partial charge is 0.573 e. The molecule has 0 radical (unpaired) electrons. The summed E-state index contributed by atoms with van der Waals surface area (Å²) < 4.78 is 66.4. The molecule has 1 unspecified atom stereocenters. The van der Waals surface area contributed by atoms with Crippen molar-refractivity contribution < 1.29 is 31.1 Å². The van der Waals surface area contributed by atoms with Gasteiger partial charge in [-0.2, -0.15) is 0 Å². The number of nitrogens with one attached hydrogen (secondary N) is 3. The maximum atomic E-state index is 12.1. The van der Waals surface area contributed by atoms with Crippen molar-refractivity contribution >= 4 is 28.3 Å². The zero-order chi connectivity index (χ0) is 19.2. The van der Waals surface area contributed by atoms with Crippen LogP contribution in [0.1, 0.15) is 19.3 Å². The number of rotatable bonds is 7. The van der Waals surface area contributed by atoms with Crippen LogP contribution in [0.3, 0.4) is 0 Å². The van der Waals surface area contributed by atoms with E-state index in [1.807, 2.05) is 0 Å². The van der Waals surface area contributed by atoms with Gasteiger partial charge < -0.3 is 15.4 Å². The Hall–Kier alpha value is -1.56. The van der Waals surface area contributed by atoms with Crippen LogP contribution in [0.5, 0.6) is 5.75 Å². The lowest BCUT2D eigenvalue weighted by Gasteiger charge is -2.23. The fraction of sp³-hybridized carbons (Fsp3) is 0.533. The zero-order valence-electron chi connectivity index (χ0n) is 14.2. The van der Waals surface area contributed by atoms with E-state index in [-0.39, 0.29) is 42.2 Å². The van der Waals surface area contributed by atoms with Crippen LogP contribution in [-0.4, -0.2) is 46.4 Å². The van der Waals surface area contributed by atoms with Gasteiger partial charge in [0.15, 0.2) is 0 Å². The second kappa shape index (κ2) is 10.1. The number of sulfonamides is 1. The van der Waals surface area contributed by atoms with Crippen molar-refractivity contribution in [2.75, 3.05) is 19.6 Å². The first-order valence-corrected chi connectivity index (χ1v) is 9.49. The molecule has 2 rings (SSSR count). The number of benzene rings is 1. The summed E-state index contributed by atoms with van der Waals surface area (Å²) in [4.78, 5) is 11.6. The number of amides is 1. The summed E-state index contributed by atoms with van der Waals surface area (Å²) >= 11 is 0. The molecule has 0 spiro atoms. The lowest BCUT2D eigenvalue weighted by Crippen LogP contribution is -2.46. The summed E-state index contributed by atoms with van der Waals surface area (Å²) in [5.41, 5.74) is 0. The minimum Gasteiger partial charge on any atom is -0.406 e. The number of carbonyl (C=O) groups excluding carboxylic acids is 1. The number of ether oxygens (including phenoxy) is 1. The lowest BCUT2D eigenvalue weighted by molar-refractivity contribution is -0.274. The molecule has 7 nitrogen and oxygen atoms in total. The van der Waals surface area contributed by atoms with E-state index >= 15 is 0 Å². The van der Waals surface area contributed by atoms with Crippen molar-refractivity contribution in [1.29, 1.82) is 0 Å². The molecule has 0 aromatic heterocycles. The third-order valence-electron chi connectivity index (χ3n) is 3.67. The van der Waals surface area contributed by atoms with E-state index in [4.69, 9.17) is 0 Å². The Morgan fingerprint density at radius 1 is 1.26 bits per heavy atom. The molecule has 12 heteroatoms. The summed E-state index contributed by atoms with van der Waals surface area (Å²) in [6.07, 6.45) is -3.05. The molecule has 154 valence electrons. The molecule has 1 heterocycles. The Morgan fingerprint density at radius 3 is 2.48 bits per heavy atom. The number of alkyl halides is 3. The predicted octanol–water partition coefficient (Wildman–Crippen LogP) is 1.54. The molecule has 1 saturated heterocycles. The van der Waals surface area contributed by atoms with Gasteiger partial charge in [-0.3, -0.25) is 4.79 Å². The van der Waals surface area contributed by atoms with Gasteiger partial charge in [0.25, 0.3) is 0 Å². The Bertz CT molecular complexity index is 708. The molecule has 1 aromatic rings. The van der Waals surface area contributed by atoms with Gasteiger partial charge in [-0.1, -0.05) is 0 Å². The van der Waals surface area contributed by atoms with Crippen molar-refractivity contribution in [1.82, 2.24) is 15.4 Å². The minimum atomic E-state index is -4.85. The molecule has 1 amide bonds. The Labute approximate surface area is 161 Å². The van der Waals surface area contributed by atoms with Crippen LogP contribution in [0.15, 0.2) is 29.2 Å². The Balaban J connectivity index is 0.00000364. The summed E-state index contributed by atoms with van der Waals surface area (Å²) in [5.74, 6) is -0.785. The number of carbonyl (C=O) groups is 1. The van der Waals surface area contributed by atoms with Gasteiger partial charge in [-0.05, 0) is 43.7 Å². The first-order valence-electron chi connectivity index (χ1n) is 8.01. The van der Waals surface area contributed by atoms with Crippen LogP contribution < -0.4 is 20.1 Å². The first-order chi connectivity index (χ1) is 12.2. The standard InChI is InChI=1S/C15H20F3N3O4S.ClH/c16-15(17,18)25-12-3-5-13(6-4-12)26(23,24)20-9-7-14(22)21-11-2-1-8-19-10-11;/h3-6,11,19-20H,1-2,7-10H2,(H,21,22);1H. The molecule has 1 atom stereocenters. The summed E-state index contributed by atoms with van der Waals surface area (Å²) in [6.45, 7) is 1.48. The van der Waals surface area contributed by atoms with Gasteiger partial charge in [-0.15, -0.1) is 25.6 Å². The zero-order valence-corrected chi connectivity index (χ0v) is 15.8. The van der Waals surface area contributed by atoms with Crippen molar-refractivity contribution in [3.63, 3.8) is 0 Å². The van der Waals surface area contributed by atoms with Crippen LogP contribution in [0.2, 0.25) is 0 Å². The topological polar surface area (TPSA) is 96.5 Å². The summed E-state index contributed by atoms with van der Waals surface area (Å²) in [5, 5.41) is 5.97. The molecule has 1 fully saturated rings. The van der Waals surface area contributed by atoms with Gasteiger partial charge in [0, 0.05) is 25.6 Å². The SMILES string of the molecule is Cl.O=C(CCNS(=O)(=O)c1ccc(OC(F)(F)F)cc1)NC1CCCNC1. The van der Waals surface area contributed by atoms with Gasteiger partial charge in [-0.25, -0.2) is 13.1 Å². The molecule has 0 bridgehead atoms. The third kappa shape index (κ3) is 8.33. The van der Waals surface area contributed by atoms with E-state index in [9.17, 15) is 26.4 Å². The van der Waals surface area contributed by atoms with Gasteiger partial charge in [0.2, 0.25) is 15.9 Å². The highest BCUT2D eigenvalue weighted by molar-refractivity contribution is 7.89. The normalized spacial score (nSPS) is 17.7. The van der Waals surface area contributed by atoms with E-state index in [0.717, 1.165) is 43.7 Å². The van der Waals surface area contributed by atoms with Crippen molar-refractivity contribution in [2.24, 2.45) is 0 Å². The molecular formula is C15H21ClF3N3O4S. The molecular weight excluding hydrogens is 411 g/mol. The lowest BCUT2D eigenvalue weighted by atomic mass is 10.1. The molecule has 27 heavy (non-hydrogen) atoms. The van der Waals surface area contributed by atoms with Crippen LogP contribution in [0.25, 0.3) is 0 Å². The second-order valence-electron chi connectivity index (χ2n) is 5.78. The Kier molecular flexibility index (Phi) is 8.79. The number of hydrogen-bond acceptors (Lipinski definition) is 5. The quantitative estimate of drug-likeness (QED) is 0.608. The van der Waals surface area contributed by atoms with Crippen molar-refractivity contribution in [3.05, 3.63) is 24.3 Å². The number of piperidine rings is 1.